The van der Waals surface area contributed by atoms with Crippen LogP contribution in [0, 0.1) is 0 Å². The molecule has 0 saturated heterocycles. The summed E-state index contributed by atoms with van der Waals surface area (Å²) in [5, 5.41) is 0.651. The summed E-state index contributed by atoms with van der Waals surface area (Å²) in [6.45, 7) is -5.31. The first-order valence-electron chi connectivity index (χ1n) is 12.7. The molecule has 0 radical (unpaired) electrons. The van der Waals surface area contributed by atoms with Gasteiger partial charge in [0.25, 0.3) is 20.1 Å². The molecular weight excluding hydrogens is 843 g/mol. The molecule has 0 atom stereocenters. The molecule has 0 unspecified atom stereocenters. The molecule has 0 heterocycles. The molecule has 0 aliphatic rings. The van der Waals surface area contributed by atoms with Crippen LogP contribution in [-0.4, -0.2) is 146 Å². The van der Waals surface area contributed by atoms with Crippen LogP contribution in [0.15, 0.2) is 0 Å². The molecule has 0 aliphatic heterocycles. The van der Waals surface area contributed by atoms with E-state index in [9.17, 15) is 114 Å². The second-order valence-corrected chi connectivity index (χ2v) is 14.8. The number of quaternary nitrogens is 1. The molecule has 0 saturated carbocycles. The van der Waals surface area contributed by atoms with Crippen molar-refractivity contribution in [2.45, 2.75) is 71.7 Å². The number of hydrogen-bond acceptors (Lipinski definition) is 5. The first kappa shape index (κ1) is 49.8. The van der Waals surface area contributed by atoms with Crippen LogP contribution in [0.5, 0.6) is 0 Å². The van der Waals surface area contributed by atoms with Crippen molar-refractivity contribution in [2.75, 3.05) is 46.0 Å². The van der Waals surface area contributed by atoms with E-state index >= 15 is 0 Å². The van der Waals surface area contributed by atoms with Gasteiger partial charge >= 0.3 is 64.8 Å². The van der Waals surface area contributed by atoms with E-state index in [1.807, 2.05) is 0 Å². The molecule has 0 aromatic heterocycles. The van der Waals surface area contributed by atoms with Crippen LogP contribution in [-0.2, 0) is 24.9 Å². The Balaban J connectivity index is 7.04. The lowest BCUT2D eigenvalue weighted by molar-refractivity contribution is -0.890. The molecule has 312 valence electrons. The Bertz CT molecular complexity index is 1510. The highest BCUT2D eigenvalue weighted by atomic mass is 32.2. The number of carbonyl (C=O) groups is 1. The smallest absolute Gasteiger partial charge is 0.460 e. The predicted octanol–water partition coefficient (Wildman–Crippen LogP) is 5.68. The topological polar surface area (TPSA) is 129 Å². The van der Waals surface area contributed by atoms with Gasteiger partial charge in [0.05, 0.1) is 32.9 Å². The Morgan fingerprint density at radius 2 is 0.865 bits per heavy atom. The fraction of sp³-hybridized carbons (Fsp3) is 0.950. The quantitative estimate of drug-likeness (QED) is 0.0916. The van der Waals surface area contributed by atoms with E-state index in [1.54, 1.807) is 0 Å². The molecule has 9 nitrogen and oxygen atoms in total. The molecule has 0 spiro atoms. The molecular formula is C20H22F21N2O7S2+. The Kier molecular flexibility index (Phi) is 13.5. The highest BCUT2D eigenvalue weighted by Crippen LogP contribution is 2.66. The van der Waals surface area contributed by atoms with Crippen LogP contribution in [0.2, 0.25) is 0 Å². The fourth-order valence-corrected chi connectivity index (χ4v) is 5.69. The zero-order chi connectivity index (χ0) is 42.6. The second-order valence-electron chi connectivity index (χ2n) is 11.2. The van der Waals surface area contributed by atoms with Crippen molar-refractivity contribution in [1.29, 1.82) is 0 Å². The van der Waals surface area contributed by atoms with Crippen molar-refractivity contribution in [3.8, 4) is 0 Å². The Hall–Kier alpha value is -2.22. The summed E-state index contributed by atoms with van der Waals surface area (Å²) in [6, 6.07) is 0. The summed E-state index contributed by atoms with van der Waals surface area (Å²) < 4.78 is 340. The summed E-state index contributed by atoms with van der Waals surface area (Å²) in [7, 11) is -10.3. The number of carboxylic acid groups (broad SMARTS) is 1. The summed E-state index contributed by atoms with van der Waals surface area (Å²) in [5.74, 6) is -77.0. The Morgan fingerprint density at radius 3 is 1.17 bits per heavy atom. The zero-order valence-electron chi connectivity index (χ0n) is 25.0. The SMILES string of the molecule is C[N+](C)(CCCN(CC(=O)O)S(=O)(=O)C(F)(F)C(F)(F)C(F)(F)C(F)(F)C(F)(F)C(F)(F)C(F)(F)C(F)(F)C(F)(F)C(F)(F)F)CCCS(=O)(=O)O. The second kappa shape index (κ2) is 14.1. The van der Waals surface area contributed by atoms with Crippen molar-refractivity contribution < 1.29 is 128 Å². The van der Waals surface area contributed by atoms with Gasteiger partial charge in [0.1, 0.15) is 6.54 Å². The third-order valence-electron chi connectivity index (χ3n) is 6.79. The lowest BCUT2D eigenvalue weighted by Gasteiger charge is -2.44. The third kappa shape index (κ3) is 8.22. The Labute approximate surface area is 276 Å². The van der Waals surface area contributed by atoms with E-state index in [-0.39, 0.29) is 6.54 Å². The van der Waals surface area contributed by atoms with Gasteiger partial charge in [0.15, 0.2) is 0 Å². The van der Waals surface area contributed by atoms with Crippen LogP contribution >= 0.6 is 0 Å². The summed E-state index contributed by atoms with van der Waals surface area (Å²) in [6.07, 6.45) is -9.61. The molecule has 0 rings (SSSR count). The maximum atomic E-state index is 14.6. The number of alkyl halides is 21. The predicted molar refractivity (Wildman–Crippen MR) is 126 cm³/mol. The number of nitrogens with zero attached hydrogens (tertiary/aromatic N) is 2. The van der Waals surface area contributed by atoms with Crippen LogP contribution in [0.1, 0.15) is 12.8 Å². The van der Waals surface area contributed by atoms with Crippen LogP contribution in [0.25, 0.3) is 0 Å². The maximum absolute atomic E-state index is 14.6. The first-order chi connectivity index (χ1) is 22.2. The Morgan fingerprint density at radius 1 is 0.558 bits per heavy atom. The van der Waals surface area contributed by atoms with Gasteiger partial charge in [-0.1, -0.05) is 0 Å². The van der Waals surface area contributed by atoms with Crippen LogP contribution in [0.3, 0.4) is 0 Å². The van der Waals surface area contributed by atoms with Gasteiger partial charge in [-0.25, -0.2) is 8.42 Å². The van der Waals surface area contributed by atoms with Gasteiger partial charge in [0.2, 0.25) is 0 Å². The monoisotopic (exact) mass is 865 g/mol. The minimum absolute atomic E-state index is 0.321. The lowest BCUT2D eigenvalue weighted by atomic mass is 9.87. The van der Waals surface area contributed by atoms with Gasteiger partial charge in [-0.2, -0.15) is 105 Å². The van der Waals surface area contributed by atoms with E-state index in [0.717, 1.165) is 14.1 Å². The van der Waals surface area contributed by atoms with Crippen molar-refractivity contribution in [3.63, 3.8) is 0 Å². The summed E-state index contributed by atoms with van der Waals surface area (Å²) in [5.41, 5.74) is 0. The van der Waals surface area contributed by atoms with E-state index in [2.05, 4.69) is 0 Å². The normalized spacial score (nSPS) is 16.1. The van der Waals surface area contributed by atoms with E-state index in [4.69, 9.17) is 9.66 Å². The minimum atomic E-state index is -9.50. The van der Waals surface area contributed by atoms with Gasteiger partial charge in [-0.3, -0.25) is 9.35 Å². The molecule has 0 bridgehead atoms. The number of rotatable bonds is 20. The highest BCUT2D eigenvalue weighted by Gasteiger charge is 2.98. The average Bonchev–Trinajstić information content (AvgIpc) is 2.89. The maximum Gasteiger partial charge on any atom is 0.460 e. The average molecular weight is 865 g/mol. The highest BCUT2D eigenvalue weighted by molar-refractivity contribution is 7.90. The zero-order valence-corrected chi connectivity index (χ0v) is 26.7. The number of halogens is 21. The first-order valence-corrected chi connectivity index (χ1v) is 15.7. The number of aliphatic carboxylic acids is 1. The summed E-state index contributed by atoms with van der Waals surface area (Å²) in [4.78, 5) is 11.0. The van der Waals surface area contributed by atoms with E-state index < -0.39 is 132 Å². The summed E-state index contributed by atoms with van der Waals surface area (Å²) >= 11 is 0. The van der Waals surface area contributed by atoms with Gasteiger partial charge in [-0.05, 0) is 0 Å². The van der Waals surface area contributed by atoms with Gasteiger partial charge in [0, 0.05) is 19.4 Å². The number of sulfonamides is 1. The van der Waals surface area contributed by atoms with Crippen LogP contribution < -0.4 is 0 Å². The standard InChI is InChI=1S/C20H21F21N2O7S2/c1-43(2,7-4-8-51(46,47)48)6-3-5-42(9-10(44)45)52(49,50)20(40,41)18(35,36)16(31,32)14(27,28)12(23,24)11(21,22)13(25,26)15(29,30)17(33,34)19(37,38)39/h3-9H2,1-2H3,(H-,44,45,46,47,48)/p+1. The van der Waals surface area contributed by atoms with Crippen molar-refractivity contribution in [1.82, 2.24) is 4.31 Å². The van der Waals surface area contributed by atoms with E-state index in [1.165, 1.54) is 0 Å². The van der Waals surface area contributed by atoms with Crippen molar-refractivity contribution in [2.24, 2.45) is 0 Å². The molecule has 0 aromatic carbocycles. The molecule has 0 aliphatic carbocycles. The molecule has 32 heteroatoms. The fourth-order valence-electron chi connectivity index (χ4n) is 3.76. The molecule has 0 amide bonds. The van der Waals surface area contributed by atoms with Crippen molar-refractivity contribution >= 4 is 26.1 Å². The largest absolute Gasteiger partial charge is 0.480 e. The van der Waals surface area contributed by atoms with E-state index in [0.29, 0.717) is 0 Å². The van der Waals surface area contributed by atoms with Crippen LogP contribution in [0.4, 0.5) is 92.2 Å². The lowest BCUT2D eigenvalue weighted by Crippen LogP contribution is -2.77. The molecule has 2 N–H and O–H groups in total. The molecule has 0 fully saturated rings. The third-order valence-corrected chi connectivity index (χ3v) is 9.49. The number of hydrogen-bond donors (Lipinski definition) is 2. The minimum Gasteiger partial charge on any atom is -0.480 e. The van der Waals surface area contributed by atoms with Crippen molar-refractivity contribution in [3.05, 3.63) is 0 Å². The molecule has 52 heavy (non-hydrogen) atoms. The van der Waals surface area contributed by atoms with Gasteiger partial charge < -0.3 is 9.59 Å². The molecule has 0 aromatic rings. The van der Waals surface area contributed by atoms with Gasteiger partial charge in [-0.15, -0.1) is 0 Å². The number of carboxylic acids is 1.